The lowest BCUT2D eigenvalue weighted by Crippen LogP contribution is -2.28. The predicted octanol–water partition coefficient (Wildman–Crippen LogP) is 6.17. The molecule has 0 radical (unpaired) electrons. The molecule has 2 nitrogen and oxygen atoms in total. The first-order valence-corrected chi connectivity index (χ1v) is 9.58. The molecule has 0 spiro atoms. The summed E-state index contributed by atoms with van der Waals surface area (Å²) in [6.45, 7) is 0.425. The number of hydrogen-bond acceptors (Lipinski definition) is 1. The lowest BCUT2D eigenvalue weighted by atomic mass is 9.88. The van der Waals surface area contributed by atoms with Gasteiger partial charge in [-0.3, -0.25) is 4.79 Å². The molecule has 138 valence electrons. The molecule has 0 bridgehead atoms. The molecule has 0 heterocycles. The minimum Gasteiger partial charge on any atom is -0.341 e. The van der Waals surface area contributed by atoms with Crippen LogP contribution >= 0.6 is 23.2 Å². The maximum Gasteiger partial charge on any atom is 0.223 e. The minimum absolute atomic E-state index is 0.0113. The Morgan fingerprint density at radius 2 is 1.41 bits per heavy atom. The average Bonchev–Trinajstić information content (AvgIpc) is 2.70. The Morgan fingerprint density at radius 3 is 1.96 bits per heavy atom. The van der Waals surface area contributed by atoms with Crippen molar-refractivity contribution in [1.29, 1.82) is 0 Å². The summed E-state index contributed by atoms with van der Waals surface area (Å²) in [4.78, 5) is 14.7. The normalized spacial score (nSPS) is 10.8. The van der Waals surface area contributed by atoms with Crippen LogP contribution in [0.5, 0.6) is 0 Å². The Balaban J connectivity index is 1.79. The molecule has 0 aliphatic carbocycles. The number of rotatable bonds is 6. The first-order valence-electron chi connectivity index (χ1n) is 8.83. The van der Waals surface area contributed by atoms with E-state index in [2.05, 4.69) is 24.3 Å². The summed E-state index contributed by atoms with van der Waals surface area (Å²) in [5.41, 5.74) is 3.11. The van der Waals surface area contributed by atoms with Crippen molar-refractivity contribution in [3.8, 4) is 0 Å². The molecule has 3 rings (SSSR count). The molecule has 0 unspecified atom stereocenters. The summed E-state index contributed by atoms with van der Waals surface area (Å²) in [6, 6.07) is 25.8. The van der Waals surface area contributed by atoms with Gasteiger partial charge in [0.05, 0.1) is 10.0 Å². The van der Waals surface area contributed by atoms with E-state index in [1.165, 1.54) is 0 Å². The van der Waals surface area contributed by atoms with Crippen LogP contribution in [0, 0.1) is 0 Å². The third kappa shape index (κ3) is 4.91. The summed E-state index contributed by atoms with van der Waals surface area (Å²) in [5, 5.41) is 1.00. The molecule has 0 fully saturated rings. The highest BCUT2D eigenvalue weighted by atomic mass is 35.5. The summed E-state index contributed by atoms with van der Waals surface area (Å²) >= 11 is 12.4. The topological polar surface area (TPSA) is 20.3 Å². The van der Waals surface area contributed by atoms with Gasteiger partial charge in [-0.25, -0.2) is 0 Å². The SMILES string of the molecule is CN(Cc1cccc(Cl)c1Cl)C(=O)CC(c1ccccc1)c1ccccc1. The van der Waals surface area contributed by atoms with Crippen molar-refractivity contribution in [2.24, 2.45) is 0 Å². The van der Waals surface area contributed by atoms with Gasteiger partial charge in [0.1, 0.15) is 0 Å². The Bertz CT molecular complexity index is 857. The molecule has 4 heteroatoms. The standard InChI is InChI=1S/C23H21Cl2NO/c1-26(16-19-13-8-14-21(24)23(19)25)22(27)15-20(17-9-4-2-5-10-17)18-11-6-3-7-12-18/h2-14,20H,15-16H2,1H3. The van der Waals surface area contributed by atoms with E-state index in [0.717, 1.165) is 16.7 Å². The third-order valence-electron chi connectivity index (χ3n) is 4.65. The van der Waals surface area contributed by atoms with Crippen molar-refractivity contribution in [2.75, 3.05) is 7.05 Å². The van der Waals surface area contributed by atoms with Gasteiger partial charge in [-0.2, -0.15) is 0 Å². The van der Waals surface area contributed by atoms with Crippen molar-refractivity contribution in [2.45, 2.75) is 18.9 Å². The zero-order valence-corrected chi connectivity index (χ0v) is 16.6. The second-order valence-corrected chi connectivity index (χ2v) is 7.33. The second kappa shape index (κ2) is 9.07. The van der Waals surface area contributed by atoms with E-state index >= 15 is 0 Å². The van der Waals surface area contributed by atoms with Gasteiger partial charge in [-0.1, -0.05) is 96.0 Å². The number of nitrogens with zero attached hydrogens (tertiary/aromatic N) is 1. The van der Waals surface area contributed by atoms with Crippen molar-refractivity contribution < 1.29 is 4.79 Å². The fourth-order valence-corrected chi connectivity index (χ4v) is 3.52. The van der Waals surface area contributed by atoms with Gasteiger partial charge in [0, 0.05) is 25.9 Å². The van der Waals surface area contributed by atoms with Crippen molar-refractivity contribution in [3.63, 3.8) is 0 Å². The van der Waals surface area contributed by atoms with Gasteiger partial charge >= 0.3 is 0 Å². The van der Waals surface area contributed by atoms with Gasteiger partial charge in [-0.05, 0) is 22.8 Å². The molecule has 0 aromatic heterocycles. The summed E-state index contributed by atoms with van der Waals surface area (Å²) in [7, 11) is 1.80. The fourth-order valence-electron chi connectivity index (χ4n) is 3.14. The fraction of sp³-hybridized carbons (Fsp3) is 0.174. The lowest BCUT2D eigenvalue weighted by Gasteiger charge is -2.23. The van der Waals surface area contributed by atoms with Crippen LogP contribution in [-0.2, 0) is 11.3 Å². The molecule has 1 amide bonds. The summed E-state index contributed by atoms with van der Waals surface area (Å²) in [5.74, 6) is 0.0703. The van der Waals surface area contributed by atoms with E-state index in [4.69, 9.17) is 23.2 Å². The quantitative estimate of drug-likeness (QED) is 0.486. The second-order valence-electron chi connectivity index (χ2n) is 6.54. The molecule has 27 heavy (non-hydrogen) atoms. The Labute approximate surface area is 170 Å². The number of benzene rings is 3. The molecule has 0 atom stereocenters. The van der Waals surface area contributed by atoms with Crippen LogP contribution in [-0.4, -0.2) is 17.9 Å². The van der Waals surface area contributed by atoms with Gasteiger partial charge in [0.2, 0.25) is 5.91 Å². The van der Waals surface area contributed by atoms with E-state index in [0.29, 0.717) is 23.0 Å². The molecule has 3 aromatic rings. The number of amides is 1. The van der Waals surface area contributed by atoms with Gasteiger partial charge in [-0.15, -0.1) is 0 Å². The highest BCUT2D eigenvalue weighted by molar-refractivity contribution is 6.42. The summed E-state index contributed by atoms with van der Waals surface area (Å²) < 4.78 is 0. The molecule has 0 N–H and O–H groups in total. The number of carbonyl (C=O) groups is 1. The Kier molecular flexibility index (Phi) is 6.54. The number of carbonyl (C=O) groups excluding carboxylic acids is 1. The van der Waals surface area contributed by atoms with E-state index in [1.54, 1.807) is 18.0 Å². The van der Waals surface area contributed by atoms with Gasteiger partial charge in [0.15, 0.2) is 0 Å². The van der Waals surface area contributed by atoms with Crippen LogP contribution in [0.15, 0.2) is 78.9 Å². The number of hydrogen-bond donors (Lipinski definition) is 0. The van der Waals surface area contributed by atoms with Crippen molar-refractivity contribution >= 4 is 29.1 Å². The van der Waals surface area contributed by atoms with Crippen LogP contribution in [0.3, 0.4) is 0 Å². The molecular formula is C23H21Cl2NO. The van der Waals surface area contributed by atoms with Crippen LogP contribution in [0.25, 0.3) is 0 Å². The van der Waals surface area contributed by atoms with Crippen LogP contribution in [0.2, 0.25) is 10.0 Å². The molecule has 0 saturated carbocycles. The smallest absolute Gasteiger partial charge is 0.223 e. The lowest BCUT2D eigenvalue weighted by molar-refractivity contribution is -0.130. The Hall–Kier alpha value is -2.29. The maximum absolute atomic E-state index is 13.0. The average molecular weight is 398 g/mol. The Morgan fingerprint density at radius 1 is 0.852 bits per heavy atom. The molecule has 0 aliphatic heterocycles. The van der Waals surface area contributed by atoms with Gasteiger partial charge < -0.3 is 4.90 Å². The predicted molar refractivity (Wildman–Crippen MR) is 112 cm³/mol. The zero-order chi connectivity index (χ0) is 19.2. The highest BCUT2D eigenvalue weighted by Crippen LogP contribution is 2.30. The molecule has 0 saturated heterocycles. The van der Waals surface area contributed by atoms with Crippen LogP contribution in [0.1, 0.15) is 29.0 Å². The molecular weight excluding hydrogens is 377 g/mol. The maximum atomic E-state index is 13.0. The largest absolute Gasteiger partial charge is 0.341 e. The van der Waals surface area contributed by atoms with Crippen LogP contribution in [0.4, 0.5) is 0 Å². The molecule has 3 aromatic carbocycles. The van der Waals surface area contributed by atoms with Gasteiger partial charge in [0.25, 0.3) is 0 Å². The third-order valence-corrected chi connectivity index (χ3v) is 5.51. The van der Waals surface area contributed by atoms with Crippen molar-refractivity contribution in [3.05, 3.63) is 106 Å². The zero-order valence-electron chi connectivity index (χ0n) is 15.1. The van der Waals surface area contributed by atoms with E-state index in [9.17, 15) is 4.79 Å². The van der Waals surface area contributed by atoms with Crippen LogP contribution < -0.4 is 0 Å². The summed E-state index contributed by atoms with van der Waals surface area (Å²) in [6.07, 6.45) is 0.392. The molecule has 0 aliphatic rings. The van der Waals surface area contributed by atoms with E-state index < -0.39 is 0 Å². The monoisotopic (exact) mass is 397 g/mol. The van der Waals surface area contributed by atoms with Crippen molar-refractivity contribution in [1.82, 2.24) is 4.90 Å². The minimum atomic E-state index is 0.0113. The first kappa shape index (κ1) is 19.5. The van der Waals surface area contributed by atoms with E-state index in [1.807, 2.05) is 48.5 Å². The first-order chi connectivity index (χ1) is 13.1. The number of halogens is 2. The highest BCUT2D eigenvalue weighted by Gasteiger charge is 2.21. The van der Waals surface area contributed by atoms with E-state index in [-0.39, 0.29) is 11.8 Å².